The fraction of sp³-hybridized carbons (Fsp3) is 0.875. The molecule has 0 bridgehead atoms. The molecule has 0 radical (unpaired) electrons. The molecule has 0 aliphatic heterocycles. The van der Waals surface area contributed by atoms with Crippen LogP contribution in [-0.4, -0.2) is 24.3 Å². The molecular formula is C8H14O3. The number of esters is 1. The van der Waals surface area contributed by atoms with Gasteiger partial charge in [0.1, 0.15) is 0 Å². The molecule has 0 aromatic carbocycles. The lowest BCUT2D eigenvalue weighted by Crippen LogP contribution is -2.08. The van der Waals surface area contributed by atoms with Crippen molar-refractivity contribution in [2.75, 3.05) is 7.11 Å². The molecule has 0 saturated heterocycles. The highest BCUT2D eigenvalue weighted by molar-refractivity contribution is 5.69. The van der Waals surface area contributed by atoms with Crippen LogP contribution < -0.4 is 0 Å². The van der Waals surface area contributed by atoms with E-state index in [9.17, 15) is 4.79 Å². The van der Waals surface area contributed by atoms with Crippen LogP contribution in [0.2, 0.25) is 0 Å². The third-order valence-electron chi connectivity index (χ3n) is 2.20. The van der Waals surface area contributed by atoms with Gasteiger partial charge in [0.05, 0.1) is 13.2 Å². The number of hydrogen-bond donors (Lipinski definition) is 1. The molecule has 0 aromatic heterocycles. The Morgan fingerprint density at radius 2 is 2.36 bits per heavy atom. The van der Waals surface area contributed by atoms with E-state index < -0.39 is 0 Å². The number of ether oxygens (including phenoxy) is 1. The lowest BCUT2D eigenvalue weighted by atomic mass is 10.0. The Kier molecular flexibility index (Phi) is 2.88. The summed E-state index contributed by atoms with van der Waals surface area (Å²) < 4.78 is 4.53. The zero-order valence-electron chi connectivity index (χ0n) is 6.75. The summed E-state index contributed by atoms with van der Waals surface area (Å²) in [6.07, 6.45) is 2.82. The summed E-state index contributed by atoms with van der Waals surface area (Å²) in [5, 5.41) is 9.13. The van der Waals surface area contributed by atoms with Gasteiger partial charge in [-0.2, -0.15) is 0 Å². The number of methoxy groups -OCH3 is 1. The van der Waals surface area contributed by atoms with Crippen LogP contribution in [0, 0.1) is 5.92 Å². The average molecular weight is 158 g/mol. The maximum Gasteiger partial charge on any atom is 0.305 e. The van der Waals surface area contributed by atoms with Gasteiger partial charge in [-0.3, -0.25) is 4.79 Å². The lowest BCUT2D eigenvalue weighted by molar-refractivity contribution is -0.141. The Hall–Kier alpha value is -0.570. The third kappa shape index (κ3) is 2.50. The standard InChI is InChI=1S/C8H14O3/c1-11-8(10)5-6-2-3-7(9)4-6/h6-7,9H,2-5H2,1H3/t6-,7-/m1/s1. The van der Waals surface area contributed by atoms with Crippen LogP contribution in [0.3, 0.4) is 0 Å². The molecule has 11 heavy (non-hydrogen) atoms. The topological polar surface area (TPSA) is 46.5 Å². The molecule has 0 amide bonds. The van der Waals surface area contributed by atoms with Crippen molar-refractivity contribution >= 4 is 5.97 Å². The highest BCUT2D eigenvalue weighted by Crippen LogP contribution is 2.28. The van der Waals surface area contributed by atoms with Gasteiger partial charge in [-0.1, -0.05) is 0 Å². The molecule has 1 aliphatic carbocycles. The molecule has 2 atom stereocenters. The minimum absolute atomic E-state index is 0.163. The zero-order chi connectivity index (χ0) is 8.27. The molecule has 0 unspecified atom stereocenters. The van der Waals surface area contributed by atoms with E-state index in [4.69, 9.17) is 5.11 Å². The molecule has 3 nitrogen and oxygen atoms in total. The normalized spacial score (nSPS) is 30.4. The van der Waals surface area contributed by atoms with E-state index in [0.717, 1.165) is 19.3 Å². The van der Waals surface area contributed by atoms with Crippen LogP contribution in [0.1, 0.15) is 25.7 Å². The van der Waals surface area contributed by atoms with Crippen LogP contribution in [-0.2, 0) is 9.53 Å². The van der Waals surface area contributed by atoms with E-state index in [0.29, 0.717) is 12.3 Å². The largest absolute Gasteiger partial charge is 0.469 e. The first kappa shape index (κ1) is 8.53. The summed E-state index contributed by atoms with van der Waals surface area (Å²) in [5.41, 5.74) is 0. The van der Waals surface area contributed by atoms with Crippen molar-refractivity contribution in [3.05, 3.63) is 0 Å². The molecule has 3 heteroatoms. The lowest BCUT2D eigenvalue weighted by Gasteiger charge is -2.05. The SMILES string of the molecule is COC(=O)C[C@@H]1CC[C@@H](O)C1. The maximum absolute atomic E-state index is 10.8. The van der Waals surface area contributed by atoms with Gasteiger partial charge in [0.2, 0.25) is 0 Å². The fourth-order valence-electron chi connectivity index (χ4n) is 1.55. The van der Waals surface area contributed by atoms with Gasteiger partial charge in [-0.25, -0.2) is 0 Å². The summed E-state index contributed by atoms with van der Waals surface area (Å²) >= 11 is 0. The Labute approximate surface area is 66.4 Å². The molecule has 0 heterocycles. The van der Waals surface area contributed by atoms with Gasteiger partial charge in [0, 0.05) is 6.42 Å². The molecular weight excluding hydrogens is 144 g/mol. The van der Waals surface area contributed by atoms with Gasteiger partial charge in [-0.05, 0) is 25.2 Å². The number of rotatable bonds is 2. The highest BCUT2D eigenvalue weighted by Gasteiger charge is 2.24. The molecule has 1 aliphatic rings. The van der Waals surface area contributed by atoms with Crippen molar-refractivity contribution in [1.29, 1.82) is 0 Å². The van der Waals surface area contributed by atoms with Crippen molar-refractivity contribution < 1.29 is 14.6 Å². The van der Waals surface area contributed by atoms with Crippen LogP contribution in [0.4, 0.5) is 0 Å². The second-order valence-electron chi connectivity index (χ2n) is 3.11. The Morgan fingerprint density at radius 3 is 2.82 bits per heavy atom. The van der Waals surface area contributed by atoms with E-state index in [1.54, 1.807) is 0 Å². The second-order valence-corrected chi connectivity index (χ2v) is 3.11. The smallest absolute Gasteiger partial charge is 0.305 e. The first-order valence-corrected chi connectivity index (χ1v) is 3.97. The second kappa shape index (κ2) is 3.72. The maximum atomic E-state index is 10.8. The van der Waals surface area contributed by atoms with Crippen molar-refractivity contribution in [1.82, 2.24) is 0 Å². The van der Waals surface area contributed by atoms with Gasteiger partial charge in [-0.15, -0.1) is 0 Å². The minimum atomic E-state index is -0.190. The van der Waals surface area contributed by atoms with E-state index in [1.165, 1.54) is 7.11 Å². The number of aliphatic hydroxyl groups is 1. The van der Waals surface area contributed by atoms with E-state index in [2.05, 4.69) is 4.74 Å². The Balaban J connectivity index is 2.23. The van der Waals surface area contributed by atoms with Crippen LogP contribution in [0.25, 0.3) is 0 Å². The summed E-state index contributed by atoms with van der Waals surface area (Å²) in [5.74, 6) is 0.182. The summed E-state index contributed by atoms with van der Waals surface area (Å²) in [4.78, 5) is 10.8. The molecule has 0 aromatic rings. The van der Waals surface area contributed by atoms with Gasteiger partial charge in [0.25, 0.3) is 0 Å². The highest BCUT2D eigenvalue weighted by atomic mass is 16.5. The number of carbonyl (C=O) groups excluding carboxylic acids is 1. The van der Waals surface area contributed by atoms with Crippen molar-refractivity contribution in [2.24, 2.45) is 5.92 Å². The Morgan fingerprint density at radius 1 is 1.64 bits per heavy atom. The minimum Gasteiger partial charge on any atom is -0.469 e. The van der Waals surface area contributed by atoms with Crippen LogP contribution in [0.15, 0.2) is 0 Å². The molecule has 1 fully saturated rings. The first-order valence-electron chi connectivity index (χ1n) is 3.97. The molecule has 1 saturated carbocycles. The summed E-state index contributed by atoms with van der Waals surface area (Å²) in [6, 6.07) is 0. The van der Waals surface area contributed by atoms with Gasteiger partial charge >= 0.3 is 5.97 Å². The number of carbonyl (C=O) groups is 1. The van der Waals surface area contributed by atoms with Gasteiger partial charge in [0.15, 0.2) is 0 Å². The predicted molar refractivity (Wildman–Crippen MR) is 40.0 cm³/mol. The van der Waals surface area contributed by atoms with Crippen LogP contribution >= 0.6 is 0 Å². The van der Waals surface area contributed by atoms with Crippen molar-refractivity contribution in [3.63, 3.8) is 0 Å². The number of hydrogen-bond acceptors (Lipinski definition) is 3. The van der Waals surface area contributed by atoms with E-state index in [-0.39, 0.29) is 12.1 Å². The summed E-state index contributed by atoms with van der Waals surface area (Å²) in [7, 11) is 1.40. The predicted octanol–water partition coefficient (Wildman–Crippen LogP) is 0.710. The monoisotopic (exact) mass is 158 g/mol. The van der Waals surface area contributed by atoms with Crippen molar-refractivity contribution in [2.45, 2.75) is 31.8 Å². The van der Waals surface area contributed by atoms with Crippen LogP contribution in [0.5, 0.6) is 0 Å². The molecule has 0 spiro atoms. The molecule has 1 N–H and O–H groups in total. The summed E-state index contributed by atoms with van der Waals surface area (Å²) in [6.45, 7) is 0. The first-order chi connectivity index (χ1) is 5.22. The number of aliphatic hydroxyl groups excluding tert-OH is 1. The Bertz CT molecular complexity index is 144. The molecule has 64 valence electrons. The van der Waals surface area contributed by atoms with Crippen molar-refractivity contribution in [3.8, 4) is 0 Å². The van der Waals surface area contributed by atoms with E-state index in [1.807, 2.05) is 0 Å². The molecule has 1 rings (SSSR count). The third-order valence-corrected chi connectivity index (χ3v) is 2.20. The average Bonchev–Trinajstić information content (AvgIpc) is 2.35. The van der Waals surface area contributed by atoms with Gasteiger partial charge < -0.3 is 9.84 Å². The zero-order valence-corrected chi connectivity index (χ0v) is 6.75. The quantitative estimate of drug-likeness (QED) is 0.602. The van der Waals surface area contributed by atoms with E-state index >= 15 is 0 Å². The fourth-order valence-corrected chi connectivity index (χ4v) is 1.55.